The van der Waals surface area contributed by atoms with Crippen molar-refractivity contribution in [1.29, 1.82) is 0 Å². The Hall–Kier alpha value is 0.527. The van der Waals surface area contributed by atoms with Gasteiger partial charge in [0.15, 0.2) is 8.32 Å². The average molecular weight is 136 g/mol. The molecule has 0 aromatic carbocycles. The van der Waals surface area contributed by atoms with Crippen molar-refractivity contribution >= 4 is 20.9 Å². The first kappa shape index (κ1) is 7.53. The highest BCUT2D eigenvalue weighted by molar-refractivity contribution is 7.83. The largest absolute Gasteiger partial charge is 0.431 e. The molecule has 1 atom stereocenters. The average Bonchev–Trinajstić information content (AvgIpc) is 1.31. The summed E-state index contributed by atoms with van der Waals surface area (Å²) in [7, 11) is -1.87. The number of thiol groups is 1. The van der Waals surface area contributed by atoms with Crippen LogP contribution in [-0.4, -0.2) is 18.0 Å². The van der Waals surface area contributed by atoms with E-state index in [9.17, 15) is 0 Å². The summed E-state index contributed by atoms with van der Waals surface area (Å²) < 4.78 is 0. The van der Waals surface area contributed by atoms with Crippen LogP contribution in [0.25, 0.3) is 0 Å². The van der Waals surface area contributed by atoms with Crippen LogP contribution < -0.4 is 0 Å². The summed E-state index contributed by atoms with van der Waals surface area (Å²) in [5, 5.41) is 0. The lowest BCUT2D eigenvalue weighted by Gasteiger charge is -2.16. The molecule has 0 aromatic heterocycles. The second-order valence-corrected chi connectivity index (χ2v) is 7.76. The molecule has 0 bridgehead atoms. The smallest absolute Gasteiger partial charge is 0.194 e. The highest BCUT2D eigenvalue weighted by atomic mass is 32.1. The molecule has 0 aliphatic rings. The van der Waals surface area contributed by atoms with E-state index in [1.807, 2.05) is 20.0 Å². The first-order valence-corrected chi connectivity index (χ1v) is 5.89. The molecule has 0 radical (unpaired) electrons. The molecule has 7 heavy (non-hydrogen) atoms. The van der Waals surface area contributed by atoms with E-state index >= 15 is 0 Å². The van der Waals surface area contributed by atoms with Gasteiger partial charge in [0, 0.05) is 4.87 Å². The van der Waals surface area contributed by atoms with Gasteiger partial charge in [0.2, 0.25) is 0 Å². The van der Waals surface area contributed by atoms with Crippen LogP contribution >= 0.6 is 12.6 Å². The van der Waals surface area contributed by atoms with E-state index < -0.39 is 8.32 Å². The standard InChI is InChI=1S/C4H12OSSi/c1-4(6)7(2,3)5/h4-6H,1-3H3. The molecule has 44 valence electrons. The molecule has 0 aromatic rings. The Bertz CT molecular complexity index is 57.2. The second kappa shape index (κ2) is 2.20. The van der Waals surface area contributed by atoms with Gasteiger partial charge in [-0.05, 0) is 13.1 Å². The van der Waals surface area contributed by atoms with E-state index in [1.165, 1.54) is 0 Å². The molecule has 0 spiro atoms. The molecule has 3 heteroatoms. The van der Waals surface area contributed by atoms with Crippen molar-refractivity contribution in [2.75, 3.05) is 0 Å². The number of hydrogen-bond acceptors (Lipinski definition) is 2. The molecule has 0 saturated carbocycles. The fourth-order valence-corrected chi connectivity index (χ4v) is 0. The third-order valence-electron chi connectivity index (χ3n) is 1.02. The topological polar surface area (TPSA) is 20.2 Å². The summed E-state index contributed by atoms with van der Waals surface area (Å²) in [5.41, 5.74) is 0. The Kier molecular flexibility index (Phi) is 2.36. The first-order valence-electron chi connectivity index (χ1n) is 2.35. The lowest BCUT2D eigenvalue weighted by molar-refractivity contribution is 0.548. The fourth-order valence-electron chi connectivity index (χ4n) is 0. The monoisotopic (exact) mass is 136 g/mol. The van der Waals surface area contributed by atoms with Crippen molar-refractivity contribution in [3.05, 3.63) is 0 Å². The second-order valence-electron chi connectivity index (χ2n) is 2.33. The highest BCUT2D eigenvalue weighted by Crippen LogP contribution is 2.07. The van der Waals surface area contributed by atoms with Crippen LogP contribution in [0.1, 0.15) is 6.92 Å². The Morgan fingerprint density at radius 3 is 1.71 bits per heavy atom. The van der Waals surface area contributed by atoms with Crippen molar-refractivity contribution in [3.63, 3.8) is 0 Å². The normalized spacial score (nSPS) is 16.7. The third-order valence-corrected chi connectivity index (χ3v) is 4.96. The highest BCUT2D eigenvalue weighted by Gasteiger charge is 2.21. The van der Waals surface area contributed by atoms with Gasteiger partial charge in [0.25, 0.3) is 0 Å². The lowest BCUT2D eigenvalue weighted by Crippen LogP contribution is -2.35. The summed E-state index contributed by atoms with van der Waals surface area (Å²) in [6.45, 7) is 5.69. The predicted octanol–water partition coefficient (Wildman–Crippen LogP) is 1.04. The minimum Gasteiger partial charge on any atom is -0.431 e. The van der Waals surface area contributed by atoms with Gasteiger partial charge in [-0.1, -0.05) is 6.92 Å². The van der Waals surface area contributed by atoms with Crippen molar-refractivity contribution < 1.29 is 4.80 Å². The lowest BCUT2D eigenvalue weighted by atomic mass is 11.0. The van der Waals surface area contributed by atoms with Crippen molar-refractivity contribution in [1.82, 2.24) is 0 Å². The summed E-state index contributed by atoms with van der Waals surface area (Å²) in [6, 6.07) is 0. The van der Waals surface area contributed by atoms with E-state index in [0.717, 1.165) is 0 Å². The van der Waals surface area contributed by atoms with E-state index in [-0.39, 0.29) is 4.87 Å². The van der Waals surface area contributed by atoms with Gasteiger partial charge in [0.05, 0.1) is 0 Å². The molecule has 1 N–H and O–H groups in total. The maximum Gasteiger partial charge on any atom is 0.194 e. The van der Waals surface area contributed by atoms with Crippen LogP contribution in [0.2, 0.25) is 13.1 Å². The van der Waals surface area contributed by atoms with Gasteiger partial charge in [-0.15, -0.1) is 0 Å². The van der Waals surface area contributed by atoms with E-state index in [2.05, 4.69) is 12.6 Å². The van der Waals surface area contributed by atoms with Gasteiger partial charge in [-0.2, -0.15) is 12.6 Å². The number of rotatable bonds is 1. The van der Waals surface area contributed by atoms with Crippen molar-refractivity contribution in [2.24, 2.45) is 0 Å². The minimum atomic E-state index is -1.87. The summed E-state index contributed by atoms with van der Waals surface area (Å²) in [4.78, 5) is 9.34. The van der Waals surface area contributed by atoms with Gasteiger partial charge in [0.1, 0.15) is 0 Å². The summed E-state index contributed by atoms with van der Waals surface area (Å²) in [6.07, 6.45) is 0. The Morgan fingerprint density at radius 1 is 1.57 bits per heavy atom. The van der Waals surface area contributed by atoms with Crippen LogP contribution in [-0.2, 0) is 0 Å². The molecule has 1 unspecified atom stereocenters. The number of hydrogen-bond donors (Lipinski definition) is 2. The fraction of sp³-hybridized carbons (Fsp3) is 1.00. The van der Waals surface area contributed by atoms with Crippen LogP contribution in [0.5, 0.6) is 0 Å². The van der Waals surface area contributed by atoms with Crippen molar-refractivity contribution in [2.45, 2.75) is 24.9 Å². The molecule has 0 heterocycles. The van der Waals surface area contributed by atoms with E-state index in [4.69, 9.17) is 4.80 Å². The molecule has 0 aliphatic carbocycles. The molecule has 0 aliphatic heterocycles. The maximum atomic E-state index is 9.16. The first-order chi connectivity index (χ1) is 2.94. The zero-order valence-corrected chi connectivity index (χ0v) is 6.87. The molecule has 0 amide bonds. The van der Waals surface area contributed by atoms with Crippen LogP contribution in [0.3, 0.4) is 0 Å². The Labute approximate surface area is 51.3 Å². The third kappa shape index (κ3) is 3.14. The zero-order valence-electron chi connectivity index (χ0n) is 4.97. The van der Waals surface area contributed by atoms with Crippen molar-refractivity contribution in [3.8, 4) is 0 Å². The maximum absolute atomic E-state index is 9.16. The van der Waals surface area contributed by atoms with Crippen LogP contribution in [0, 0.1) is 0 Å². The molecular formula is C4H12OSSi. The predicted molar refractivity (Wildman–Crippen MR) is 38.1 cm³/mol. The van der Waals surface area contributed by atoms with Crippen LogP contribution in [0.4, 0.5) is 0 Å². The molecule has 0 saturated heterocycles. The van der Waals surface area contributed by atoms with E-state index in [1.54, 1.807) is 0 Å². The molecule has 0 rings (SSSR count). The molecule has 0 fully saturated rings. The van der Waals surface area contributed by atoms with Crippen LogP contribution in [0.15, 0.2) is 0 Å². The van der Waals surface area contributed by atoms with Gasteiger partial charge in [-0.3, -0.25) is 0 Å². The molecular weight excluding hydrogens is 124 g/mol. The summed E-state index contributed by atoms with van der Waals surface area (Å²) in [5.74, 6) is 0. The Morgan fingerprint density at radius 2 is 1.71 bits per heavy atom. The minimum absolute atomic E-state index is 0.187. The van der Waals surface area contributed by atoms with Gasteiger partial charge in [-0.25, -0.2) is 0 Å². The van der Waals surface area contributed by atoms with E-state index in [0.29, 0.717) is 0 Å². The quantitative estimate of drug-likeness (QED) is 0.408. The summed E-state index contributed by atoms with van der Waals surface area (Å²) >= 11 is 4.09. The SMILES string of the molecule is CC(S)[Si](C)(C)O. The van der Waals surface area contributed by atoms with Gasteiger partial charge >= 0.3 is 0 Å². The Balaban J connectivity index is 3.54. The molecule has 1 nitrogen and oxygen atoms in total. The zero-order chi connectivity index (χ0) is 6.08. The van der Waals surface area contributed by atoms with Gasteiger partial charge < -0.3 is 4.80 Å².